The minimum Gasteiger partial charge on any atom is -0.338 e. The summed E-state index contributed by atoms with van der Waals surface area (Å²) in [4.78, 5) is 25.4. The number of piperazine rings is 1. The van der Waals surface area contributed by atoms with E-state index in [2.05, 4.69) is 50.5 Å². The molecule has 0 radical (unpaired) electrons. The molecule has 0 bridgehead atoms. The van der Waals surface area contributed by atoms with E-state index in [-0.39, 0.29) is 22.6 Å². The lowest BCUT2D eigenvalue weighted by Crippen LogP contribution is -2.62. The Morgan fingerprint density at radius 1 is 0.692 bits per heavy atom. The summed E-state index contributed by atoms with van der Waals surface area (Å²) < 4.78 is 0. The summed E-state index contributed by atoms with van der Waals surface area (Å²) in [5.41, 5.74) is 1.40. The van der Waals surface area contributed by atoms with Gasteiger partial charge in [0.05, 0.1) is 0 Å². The minimum atomic E-state index is -0.670. The van der Waals surface area contributed by atoms with Crippen molar-refractivity contribution in [2.45, 2.75) is 39.8 Å². The van der Waals surface area contributed by atoms with Gasteiger partial charge in [0.15, 0.2) is 0 Å². The maximum absolute atomic E-state index is 12.7. The van der Waals surface area contributed by atoms with Gasteiger partial charge in [-0.2, -0.15) is 0 Å². The Kier molecular flexibility index (Phi) is 4.61. The molecule has 2 atom stereocenters. The zero-order valence-corrected chi connectivity index (χ0v) is 15.7. The number of allylic oxidation sites excluding steroid dienone is 8. The van der Waals surface area contributed by atoms with Crippen molar-refractivity contribution in [2.75, 3.05) is 0 Å². The third-order valence-corrected chi connectivity index (χ3v) is 4.80. The lowest BCUT2D eigenvalue weighted by molar-refractivity contribution is -0.134. The third kappa shape index (κ3) is 3.96. The molecule has 3 aliphatic rings. The Hall–Kier alpha value is -2.62. The van der Waals surface area contributed by atoms with E-state index in [0.717, 1.165) is 11.1 Å². The molecule has 1 aliphatic heterocycles. The lowest BCUT2D eigenvalue weighted by Gasteiger charge is -2.31. The van der Waals surface area contributed by atoms with Gasteiger partial charge in [0.1, 0.15) is 12.1 Å². The molecule has 3 rings (SSSR count). The van der Waals surface area contributed by atoms with Crippen molar-refractivity contribution in [3.63, 3.8) is 0 Å². The summed E-state index contributed by atoms with van der Waals surface area (Å²) in [5.74, 6) is -0.388. The SMILES string of the molecule is CC1(C)C=CC=C(C2NC(=O)C(C3=CC=CC(C)(C)C=C3)NC2=O)C=C1. The van der Waals surface area contributed by atoms with Crippen LogP contribution in [0.1, 0.15) is 27.7 Å². The van der Waals surface area contributed by atoms with Gasteiger partial charge in [-0.05, 0) is 11.1 Å². The molecule has 1 fully saturated rings. The van der Waals surface area contributed by atoms with E-state index >= 15 is 0 Å². The van der Waals surface area contributed by atoms with Crippen LogP contribution in [0, 0.1) is 10.8 Å². The van der Waals surface area contributed by atoms with Crippen molar-refractivity contribution in [2.24, 2.45) is 10.8 Å². The number of hydrogen-bond donors (Lipinski definition) is 2. The van der Waals surface area contributed by atoms with Crippen LogP contribution in [0.25, 0.3) is 0 Å². The fourth-order valence-corrected chi connectivity index (χ4v) is 3.10. The summed E-state index contributed by atoms with van der Waals surface area (Å²) in [6.07, 6.45) is 19.7. The largest absolute Gasteiger partial charge is 0.338 e. The molecule has 0 saturated carbocycles. The quantitative estimate of drug-likeness (QED) is 0.804. The second-order valence-electron chi connectivity index (χ2n) is 8.24. The number of rotatable bonds is 2. The van der Waals surface area contributed by atoms with Crippen LogP contribution in [0.5, 0.6) is 0 Å². The molecule has 0 aromatic carbocycles. The molecule has 26 heavy (non-hydrogen) atoms. The third-order valence-electron chi connectivity index (χ3n) is 4.80. The molecule has 0 aromatic rings. The van der Waals surface area contributed by atoms with Crippen molar-refractivity contribution in [3.05, 3.63) is 71.9 Å². The highest BCUT2D eigenvalue weighted by atomic mass is 16.2. The standard InChI is InChI=1S/C22H26N2O2/c1-21(2)11-5-7-15(9-13-21)17-19(25)24-18(20(26)23-17)16-8-6-12-22(3,4)14-10-16/h5-14,17-18H,1-4H3,(H,23,26)(H,24,25). The summed E-state index contributed by atoms with van der Waals surface area (Å²) in [7, 11) is 0. The minimum absolute atomic E-state index is 0.0783. The first kappa shape index (κ1) is 18.2. The normalized spacial score (nSPS) is 29.2. The van der Waals surface area contributed by atoms with Crippen LogP contribution in [0.2, 0.25) is 0 Å². The van der Waals surface area contributed by atoms with Gasteiger partial charge < -0.3 is 10.6 Å². The smallest absolute Gasteiger partial charge is 0.248 e. The van der Waals surface area contributed by atoms with E-state index in [1.165, 1.54) is 0 Å². The topological polar surface area (TPSA) is 58.2 Å². The summed E-state index contributed by atoms with van der Waals surface area (Å²) >= 11 is 0. The lowest BCUT2D eigenvalue weighted by atomic mass is 9.92. The molecule has 2 unspecified atom stereocenters. The fraction of sp³-hybridized carbons (Fsp3) is 0.364. The van der Waals surface area contributed by atoms with Crippen molar-refractivity contribution in [1.82, 2.24) is 10.6 Å². The molecule has 136 valence electrons. The van der Waals surface area contributed by atoms with E-state index in [1.54, 1.807) is 0 Å². The molecule has 4 heteroatoms. The molecule has 0 spiro atoms. The van der Waals surface area contributed by atoms with Crippen molar-refractivity contribution in [1.29, 1.82) is 0 Å². The van der Waals surface area contributed by atoms with Crippen molar-refractivity contribution >= 4 is 11.8 Å². The summed E-state index contributed by atoms with van der Waals surface area (Å²) in [6.45, 7) is 8.36. The van der Waals surface area contributed by atoms with Crippen LogP contribution in [0.3, 0.4) is 0 Å². The first-order chi connectivity index (χ1) is 12.2. The van der Waals surface area contributed by atoms with E-state index in [9.17, 15) is 9.59 Å². The number of nitrogens with one attached hydrogen (secondary N) is 2. The monoisotopic (exact) mass is 350 g/mol. The molecule has 2 amide bonds. The highest BCUT2D eigenvalue weighted by molar-refractivity contribution is 6.01. The predicted octanol–water partition coefficient (Wildman–Crippen LogP) is 3.13. The van der Waals surface area contributed by atoms with E-state index in [0.29, 0.717) is 0 Å². The van der Waals surface area contributed by atoms with Gasteiger partial charge in [-0.1, -0.05) is 88.5 Å². The van der Waals surface area contributed by atoms with E-state index < -0.39 is 12.1 Å². The second-order valence-corrected chi connectivity index (χ2v) is 8.24. The van der Waals surface area contributed by atoms with Gasteiger partial charge >= 0.3 is 0 Å². The molecule has 4 nitrogen and oxygen atoms in total. The summed E-state index contributed by atoms with van der Waals surface area (Å²) in [6, 6.07) is -1.34. The molecule has 2 N–H and O–H groups in total. The Bertz CT molecular complexity index is 736. The van der Waals surface area contributed by atoms with Gasteiger partial charge in [0.2, 0.25) is 11.8 Å². The second kappa shape index (κ2) is 6.60. The van der Waals surface area contributed by atoms with Gasteiger partial charge in [0, 0.05) is 10.8 Å². The zero-order chi connectivity index (χ0) is 18.9. The van der Waals surface area contributed by atoms with Gasteiger partial charge in [-0.15, -0.1) is 0 Å². The molecule has 1 heterocycles. The van der Waals surface area contributed by atoms with Crippen LogP contribution in [-0.2, 0) is 9.59 Å². The number of carbonyl (C=O) groups excluding carboxylic acids is 2. The first-order valence-electron chi connectivity index (χ1n) is 8.95. The van der Waals surface area contributed by atoms with Crippen LogP contribution in [0.4, 0.5) is 0 Å². The van der Waals surface area contributed by atoms with Gasteiger partial charge in [-0.3, -0.25) is 9.59 Å². The van der Waals surface area contributed by atoms with Crippen LogP contribution in [0.15, 0.2) is 71.9 Å². The average molecular weight is 350 g/mol. The molecule has 2 aliphatic carbocycles. The maximum Gasteiger partial charge on any atom is 0.248 e. The van der Waals surface area contributed by atoms with E-state index in [1.807, 2.05) is 48.6 Å². The predicted molar refractivity (Wildman–Crippen MR) is 104 cm³/mol. The number of hydrogen-bond acceptors (Lipinski definition) is 2. The Labute approximate surface area is 155 Å². The zero-order valence-electron chi connectivity index (χ0n) is 15.7. The van der Waals surface area contributed by atoms with Crippen LogP contribution >= 0.6 is 0 Å². The molecular weight excluding hydrogens is 324 g/mol. The fourth-order valence-electron chi connectivity index (χ4n) is 3.10. The highest BCUT2D eigenvalue weighted by Gasteiger charge is 2.36. The Balaban J connectivity index is 1.79. The number of carbonyl (C=O) groups is 2. The van der Waals surface area contributed by atoms with Crippen LogP contribution < -0.4 is 10.6 Å². The summed E-state index contributed by atoms with van der Waals surface area (Å²) in [5, 5.41) is 5.75. The highest BCUT2D eigenvalue weighted by Crippen LogP contribution is 2.26. The Morgan fingerprint density at radius 2 is 1.08 bits per heavy atom. The van der Waals surface area contributed by atoms with Crippen molar-refractivity contribution < 1.29 is 9.59 Å². The number of amides is 2. The molecule has 0 aromatic heterocycles. The molecule has 1 saturated heterocycles. The Morgan fingerprint density at radius 3 is 1.46 bits per heavy atom. The molecular formula is C22H26N2O2. The first-order valence-corrected chi connectivity index (χ1v) is 8.95. The van der Waals surface area contributed by atoms with Gasteiger partial charge in [0.25, 0.3) is 0 Å². The maximum atomic E-state index is 12.7. The average Bonchev–Trinajstić information content (AvgIpc) is 2.84. The van der Waals surface area contributed by atoms with Crippen molar-refractivity contribution in [3.8, 4) is 0 Å². The van der Waals surface area contributed by atoms with Gasteiger partial charge in [-0.25, -0.2) is 0 Å². The van der Waals surface area contributed by atoms with Crippen LogP contribution in [-0.4, -0.2) is 23.9 Å². The van der Waals surface area contributed by atoms with E-state index in [4.69, 9.17) is 0 Å².